The van der Waals surface area contributed by atoms with Gasteiger partial charge in [0, 0.05) is 12.0 Å². The minimum atomic E-state index is -0.346. The van der Waals surface area contributed by atoms with E-state index < -0.39 is 0 Å². The Hall–Kier alpha value is -1.64. The summed E-state index contributed by atoms with van der Waals surface area (Å²) in [5.74, 6) is -0.362. The van der Waals surface area contributed by atoms with Crippen LogP contribution in [0.3, 0.4) is 0 Å². The molecule has 0 unspecified atom stereocenters. The lowest BCUT2D eigenvalue weighted by molar-refractivity contribution is -0.140. The predicted molar refractivity (Wildman–Crippen MR) is 66.0 cm³/mol. The lowest BCUT2D eigenvalue weighted by atomic mass is 10.0. The molecule has 0 bridgehead atoms. The van der Waals surface area contributed by atoms with E-state index in [1.165, 1.54) is 12.7 Å². The molecule has 1 rings (SSSR count). The van der Waals surface area contributed by atoms with Gasteiger partial charge in [0.2, 0.25) is 0 Å². The molecule has 1 aromatic carbocycles. The Morgan fingerprint density at radius 3 is 2.29 bits per heavy atom. The van der Waals surface area contributed by atoms with Crippen molar-refractivity contribution in [1.82, 2.24) is 0 Å². The summed E-state index contributed by atoms with van der Waals surface area (Å²) in [4.78, 5) is 22.6. The summed E-state index contributed by atoms with van der Waals surface area (Å²) < 4.78 is 4.50. The third-order valence-electron chi connectivity index (χ3n) is 2.60. The zero-order valence-electron chi connectivity index (χ0n) is 10.4. The van der Waals surface area contributed by atoms with Crippen LogP contribution in [0.5, 0.6) is 0 Å². The van der Waals surface area contributed by atoms with Gasteiger partial charge in [0.25, 0.3) is 0 Å². The van der Waals surface area contributed by atoms with Gasteiger partial charge in [-0.1, -0.05) is 37.6 Å². The van der Waals surface area contributed by atoms with Crippen LogP contribution < -0.4 is 0 Å². The zero-order chi connectivity index (χ0) is 12.7. The first-order valence-electron chi connectivity index (χ1n) is 5.86. The van der Waals surface area contributed by atoms with Crippen molar-refractivity contribution in [3.8, 4) is 0 Å². The first-order valence-corrected chi connectivity index (χ1v) is 5.86. The van der Waals surface area contributed by atoms with Crippen molar-refractivity contribution in [2.24, 2.45) is 0 Å². The van der Waals surface area contributed by atoms with E-state index in [0.29, 0.717) is 5.56 Å². The van der Waals surface area contributed by atoms with Gasteiger partial charge in [-0.3, -0.25) is 9.59 Å². The minimum absolute atomic E-state index is 0.0153. The van der Waals surface area contributed by atoms with Crippen LogP contribution in [0.4, 0.5) is 0 Å². The molecular weight excluding hydrogens is 216 g/mol. The molecule has 0 N–H and O–H groups in total. The van der Waals surface area contributed by atoms with E-state index in [9.17, 15) is 9.59 Å². The van der Waals surface area contributed by atoms with Crippen LogP contribution in [0.15, 0.2) is 24.3 Å². The number of hydrogen-bond acceptors (Lipinski definition) is 3. The molecule has 1 aromatic rings. The average Bonchev–Trinajstić information content (AvgIpc) is 2.36. The van der Waals surface area contributed by atoms with Gasteiger partial charge in [0.05, 0.1) is 13.5 Å². The van der Waals surface area contributed by atoms with E-state index >= 15 is 0 Å². The Kier molecular flexibility index (Phi) is 5.40. The number of ether oxygens (including phenoxy) is 1. The van der Waals surface area contributed by atoms with Crippen molar-refractivity contribution in [1.29, 1.82) is 0 Å². The summed E-state index contributed by atoms with van der Waals surface area (Å²) in [6.45, 7) is 2.12. The topological polar surface area (TPSA) is 43.4 Å². The molecule has 3 nitrogen and oxygen atoms in total. The maximum Gasteiger partial charge on any atom is 0.305 e. The predicted octanol–water partition coefficient (Wildman–Crippen LogP) is 2.78. The Morgan fingerprint density at radius 2 is 1.76 bits per heavy atom. The van der Waals surface area contributed by atoms with E-state index in [0.717, 1.165) is 12.8 Å². The largest absolute Gasteiger partial charge is 0.469 e. The fourth-order valence-electron chi connectivity index (χ4n) is 1.61. The number of esters is 1. The number of rotatable bonds is 6. The van der Waals surface area contributed by atoms with Gasteiger partial charge in [-0.05, 0) is 12.0 Å². The van der Waals surface area contributed by atoms with Crippen LogP contribution in [-0.4, -0.2) is 18.9 Å². The summed E-state index contributed by atoms with van der Waals surface area (Å²) in [5, 5.41) is 0. The van der Waals surface area contributed by atoms with Crippen LogP contribution in [0, 0.1) is 0 Å². The highest BCUT2D eigenvalue weighted by Crippen LogP contribution is 2.10. The molecule has 0 amide bonds. The normalized spacial score (nSPS) is 10.0. The van der Waals surface area contributed by atoms with Gasteiger partial charge < -0.3 is 4.74 Å². The maximum absolute atomic E-state index is 11.7. The molecule has 0 aliphatic rings. The zero-order valence-corrected chi connectivity index (χ0v) is 10.4. The summed E-state index contributed by atoms with van der Waals surface area (Å²) in [6, 6.07) is 7.58. The van der Waals surface area contributed by atoms with Gasteiger partial charge in [-0.15, -0.1) is 0 Å². The third-order valence-corrected chi connectivity index (χ3v) is 2.60. The Balaban J connectivity index is 2.54. The van der Waals surface area contributed by atoms with Crippen LogP contribution in [0.2, 0.25) is 0 Å². The highest BCUT2D eigenvalue weighted by Gasteiger charge is 2.09. The molecule has 0 saturated heterocycles. The highest BCUT2D eigenvalue weighted by molar-refractivity contribution is 5.97. The molecule has 0 fully saturated rings. The fraction of sp³-hybridized carbons (Fsp3) is 0.429. The molecule has 0 saturated carbocycles. The second-order valence-electron chi connectivity index (χ2n) is 3.95. The first-order chi connectivity index (χ1) is 8.17. The van der Waals surface area contributed by atoms with Gasteiger partial charge in [0.1, 0.15) is 0 Å². The molecule has 0 heterocycles. The van der Waals surface area contributed by atoms with E-state index in [2.05, 4.69) is 11.7 Å². The van der Waals surface area contributed by atoms with Gasteiger partial charge in [-0.25, -0.2) is 0 Å². The third kappa shape index (κ3) is 4.39. The molecule has 3 heteroatoms. The number of hydrogen-bond donors (Lipinski definition) is 0. The lowest BCUT2D eigenvalue weighted by Gasteiger charge is -2.02. The molecular formula is C14H18O3. The number of carbonyl (C=O) groups is 2. The average molecular weight is 234 g/mol. The van der Waals surface area contributed by atoms with E-state index in [4.69, 9.17) is 0 Å². The van der Waals surface area contributed by atoms with Crippen molar-refractivity contribution in [3.63, 3.8) is 0 Å². The molecule has 17 heavy (non-hydrogen) atoms. The second kappa shape index (κ2) is 6.84. The number of ketones is 1. The number of benzene rings is 1. The molecule has 0 aliphatic heterocycles. The molecule has 0 aromatic heterocycles. The van der Waals surface area contributed by atoms with Crippen molar-refractivity contribution in [2.45, 2.75) is 32.6 Å². The number of aryl methyl sites for hydroxylation is 1. The summed E-state index contributed by atoms with van der Waals surface area (Å²) >= 11 is 0. The smallest absolute Gasteiger partial charge is 0.305 e. The SMILES string of the molecule is CCCc1ccc(C(=O)CCC(=O)OC)cc1. The molecule has 0 aliphatic carbocycles. The molecule has 0 spiro atoms. The summed E-state index contributed by atoms with van der Waals surface area (Å²) in [6.07, 6.45) is 2.47. The van der Waals surface area contributed by atoms with Crippen molar-refractivity contribution in [3.05, 3.63) is 35.4 Å². The Labute approximate surface area is 102 Å². The van der Waals surface area contributed by atoms with Crippen LogP contribution in [0.25, 0.3) is 0 Å². The molecule has 0 atom stereocenters. The number of Topliss-reactive ketones (excluding diaryl/α,β-unsaturated/α-hetero) is 1. The van der Waals surface area contributed by atoms with Gasteiger partial charge >= 0.3 is 5.97 Å². The Bertz CT molecular complexity index is 379. The standard InChI is InChI=1S/C14H18O3/c1-3-4-11-5-7-12(8-6-11)13(15)9-10-14(16)17-2/h5-8H,3-4,9-10H2,1-2H3. The van der Waals surface area contributed by atoms with Crippen molar-refractivity contribution < 1.29 is 14.3 Å². The van der Waals surface area contributed by atoms with Crippen molar-refractivity contribution >= 4 is 11.8 Å². The fourth-order valence-corrected chi connectivity index (χ4v) is 1.61. The van der Waals surface area contributed by atoms with E-state index in [1.54, 1.807) is 0 Å². The second-order valence-corrected chi connectivity index (χ2v) is 3.95. The molecule has 0 radical (unpaired) electrons. The number of methoxy groups -OCH3 is 1. The Morgan fingerprint density at radius 1 is 1.12 bits per heavy atom. The summed E-state index contributed by atoms with van der Waals surface area (Å²) in [7, 11) is 1.33. The van der Waals surface area contributed by atoms with E-state index in [1.807, 2.05) is 24.3 Å². The lowest BCUT2D eigenvalue weighted by Crippen LogP contribution is -2.06. The first kappa shape index (κ1) is 13.4. The van der Waals surface area contributed by atoms with Crippen LogP contribution in [-0.2, 0) is 16.0 Å². The minimum Gasteiger partial charge on any atom is -0.469 e. The quantitative estimate of drug-likeness (QED) is 0.561. The monoisotopic (exact) mass is 234 g/mol. The highest BCUT2D eigenvalue weighted by atomic mass is 16.5. The van der Waals surface area contributed by atoms with Gasteiger partial charge in [0.15, 0.2) is 5.78 Å². The van der Waals surface area contributed by atoms with Crippen LogP contribution >= 0.6 is 0 Å². The van der Waals surface area contributed by atoms with Gasteiger partial charge in [-0.2, -0.15) is 0 Å². The maximum atomic E-state index is 11.7. The molecule has 92 valence electrons. The van der Waals surface area contributed by atoms with Crippen LogP contribution in [0.1, 0.15) is 42.1 Å². The number of carbonyl (C=O) groups excluding carboxylic acids is 2. The van der Waals surface area contributed by atoms with E-state index in [-0.39, 0.29) is 24.6 Å². The van der Waals surface area contributed by atoms with Crippen molar-refractivity contribution in [2.75, 3.05) is 7.11 Å². The summed E-state index contributed by atoms with van der Waals surface area (Å²) in [5.41, 5.74) is 1.89.